The molecular formula is C10H7BrOS2. The topological polar surface area (TPSA) is 17.1 Å². The van der Waals surface area contributed by atoms with Gasteiger partial charge in [-0.05, 0) is 47.1 Å². The van der Waals surface area contributed by atoms with Crippen molar-refractivity contribution in [3.8, 4) is 0 Å². The third-order valence-corrected chi connectivity index (χ3v) is 4.38. The van der Waals surface area contributed by atoms with Gasteiger partial charge < -0.3 is 0 Å². The number of rotatable bonds is 2. The Morgan fingerprint density at radius 1 is 1.14 bits per heavy atom. The first kappa shape index (κ1) is 10.1. The molecule has 0 spiro atoms. The fourth-order valence-electron chi connectivity index (χ4n) is 1.11. The standard InChI is InChI=1S/C10H7BrOS2/c1-6-2-3-7(13-6)10(12)8-4-5-9(11)14-8/h2-5H,1H3. The molecule has 2 aromatic heterocycles. The molecule has 0 radical (unpaired) electrons. The summed E-state index contributed by atoms with van der Waals surface area (Å²) in [6.07, 6.45) is 0. The Kier molecular flexibility index (Phi) is 2.85. The summed E-state index contributed by atoms with van der Waals surface area (Å²) in [5.74, 6) is 0.124. The lowest BCUT2D eigenvalue weighted by atomic mass is 10.3. The Bertz CT molecular complexity index is 428. The van der Waals surface area contributed by atoms with Crippen LogP contribution in [0.4, 0.5) is 0 Å². The minimum atomic E-state index is 0.124. The van der Waals surface area contributed by atoms with Crippen molar-refractivity contribution in [3.63, 3.8) is 0 Å². The van der Waals surface area contributed by atoms with Crippen molar-refractivity contribution in [3.05, 3.63) is 42.7 Å². The Morgan fingerprint density at radius 2 is 1.79 bits per heavy atom. The molecule has 1 nitrogen and oxygen atoms in total. The van der Waals surface area contributed by atoms with Crippen molar-refractivity contribution in [2.45, 2.75) is 6.92 Å². The zero-order valence-electron chi connectivity index (χ0n) is 7.41. The largest absolute Gasteiger partial charge is 0.287 e. The van der Waals surface area contributed by atoms with Crippen molar-refractivity contribution >= 4 is 44.4 Å². The molecule has 2 rings (SSSR count). The van der Waals surface area contributed by atoms with E-state index >= 15 is 0 Å². The number of halogens is 1. The molecule has 0 N–H and O–H groups in total. The van der Waals surface area contributed by atoms with Crippen LogP contribution in [0.15, 0.2) is 28.1 Å². The van der Waals surface area contributed by atoms with Crippen molar-refractivity contribution in [1.82, 2.24) is 0 Å². The summed E-state index contributed by atoms with van der Waals surface area (Å²) in [5, 5.41) is 0. The third kappa shape index (κ3) is 1.97. The van der Waals surface area contributed by atoms with Crippen molar-refractivity contribution < 1.29 is 4.79 Å². The Hall–Kier alpha value is -0.450. The van der Waals surface area contributed by atoms with Gasteiger partial charge in [0.2, 0.25) is 5.78 Å². The fraction of sp³-hybridized carbons (Fsp3) is 0.100. The molecule has 0 fully saturated rings. The van der Waals surface area contributed by atoms with E-state index in [2.05, 4.69) is 15.9 Å². The van der Waals surface area contributed by atoms with Crippen LogP contribution in [-0.4, -0.2) is 5.78 Å². The Labute approximate surface area is 98.5 Å². The predicted molar refractivity (Wildman–Crippen MR) is 64.5 cm³/mol. The van der Waals surface area contributed by atoms with E-state index in [1.54, 1.807) is 11.3 Å². The van der Waals surface area contributed by atoms with E-state index < -0.39 is 0 Å². The van der Waals surface area contributed by atoms with Crippen LogP contribution in [0.5, 0.6) is 0 Å². The van der Waals surface area contributed by atoms with Gasteiger partial charge >= 0.3 is 0 Å². The summed E-state index contributed by atoms with van der Waals surface area (Å²) in [5.41, 5.74) is 0. The van der Waals surface area contributed by atoms with E-state index in [-0.39, 0.29) is 5.78 Å². The van der Waals surface area contributed by atoms with Crippen LogP contribution < -0.4 is 0 Å². The molecule has 72 valence electrons. The van der Waals surface area contributed by atoms with Gasteiger partial charge in [0.05, 0.1) is 13.5 Å². The van der Waals surface area contributed by atoms with Gasteiger partial charge in [0, 0.05) is 4.88 Å². The predicted octanol–water partition coefficient (Wildman–Crippen LogP) is 4.11. The number of ketones is 1. The van der Waals surface area contributed by atoms with E-state index in [1.807, 2.05) is 31.2 Å². The lowest BCUT2D eigenvalue weighted by molar-refractivity contribution is 0.104. The van der Waals surface area contributed by atoms with Gasteiger partial charge in [-0.2, -0.15) is 0 Å². The summed E-state index contributed by atoms with van der Waals surface area (Å²) in [4.78, 5) is 14.7. The fourth-order valence-corrected chi connectivity index (χ4v) is 3.34. The van der Waals surface area contributed by atoms with Crippen LogP contribution in [0, 0.1) is 6.92 Å². The lowest BCUT2D eigenvalue weighted by Crippen LogP contribution is -1.93. The zero-order valence-corrected chi connectivity index (χ0v) is 10.6. The Morgan fingerprint density at radius 3 is 2.29 bits per heavy atom. The number of hydrogen-bond acceptors (Lipinski definition) is 3. The highest BCUT2D eigenvalue weighted by Gasteiger charge is 2.12. The second-order valence-corrected chi connectivity index (χ2v) is 6.59. The highest BCUT2D eigenvalue weighted by atomic mass is 79.9. The molecule has 0 amide bonds. The van der Waals surface area contributed by atoms with Crippen LogP contribution in [0.1, 0.15) is 19.4 Å². The highest BCUT2D eigenvalue weighted by Crippen LogP contribution is 2.26. The molecule has 4 heteroatoms. The van der Waals surface area contributed by atoms with Crippen LogP contribution in [-0.2, 0) is 0 Å². The number of carbonyl (C=O) groups excluding carboxylic acids is 1. The molecule has 0 aliphatic rings. The van der Waals surface area contributed by atoms with Gasteiger partial charge in [-0.15, -0.1) is 22.7 Å². The molecule has 0 bridgehead atoms. The van der Waals surface area contributed by atoms with Crippen molar-refractivity contribution in [2.24, 2.45) is 0 Å². The molecule has 14 heavy (non-hydrogen) atoms. The molecule has 0 saturated heterocycles. The zero-order chi connectivity index (χ0) is 10.1. The van der Waals surface area contributed by atoms with Crippen LogP contribution >= 0.6 is 38.6 Å². The third-order valence-electron chi connectivity index (χ3n) is 1.76. The molecule has 0 saturated carbocycles. The van der Waals surface area contributed by atoms with Crippen LogP contribution in [0.3, 0.4) is 0 Å². The van der Waals surface area contributed by atoms with E-state index in [0.29, 0.717) is 0 Å². The van der Waals surface area contributed by atoms with E-state index in [1.165, 1.54) is 16.2 Å². The van der Waals surface area contributed by atoms with Crippen molar-refractivity contribution in [2.75, 3.05) is 0 Å². The average molecular weight is 287 g/mol. The van der Waals surface area contributed by atoms with E-state index in [9.17, 15) is 4.79 Å². The molecular weight excluding hydrogens is 280 g/mol. The first-order chi connectivity index (χ1) is 6.66. The quantitative estimate of drug-likeness (QED) is 0.760. The minimum absolute atomic E-state index is 0.124. The van der Waals surface area contributed by atoms with Gasteiger partial charge in [-0.1, -0.05) is 0 Å². The SMILES string of the molecule is Cc1ccc(C(=O)c2ccc(Br)s2)s1. The van der Waals surface area contributed by atoms with Crippen LogP contribution in [0.25, 0.3) is 0 Å². The number of hydrogen-bond donors (Lipinski definition) is 0. The maximum absolute atomic E-state index is 11.9. The van der Waals surface area contributed by atoms with E-state index in [0.717, 1.165) is 13.5 Å². The van der Waals surface area contributed by atoms with E-state index in [4.69, 9.17) is 0 Å². The normalized spacial score (nSPS) is 10.4. The van der Waals surface area contributed by atoms with Gasteiger partial charge in [0.1, 0.15) is 0 Å². The summed E-state index contributed by atoms with van der Waals surface area (Å²) in [6.45, 7) is 2.01. The van der Waals surface area contributed by atoms with Crippen LogP contribution in [0.2, 0.25) is 0 Å². The first-order valence-corrected chi connectivity index (χ1v) is 6.46. The minimum Gasteiger partial charge on any atom is -0.287 e. The summed E-state index contributed by atoms with van der Waals surface area (Å²) in [7, 11) is 0. The molecule has 0 aliphatic carbocycles. The molecule has 0 aromatic carbocycles. The second kappa shape index (κ2) is 3.96. The smallest absolute Gasteiger partial charge is 0.212 e. The first-order valence-electron chi connectivity index (χ1n) is 4.03. The average Bonchev–Trinajstić information content (AvgIpc) is 2.73. The molecule has 0 aliphatic heterocycles. The summed E-state index contributed by atoms with van der Waals surface area (Å²) < 4.78 is 0.995. The monoisotopic (exact) mass is 286 g/mol. The number of thiophene rings is 2. The highest BCUT2D eigenvalue weighted by molar-refractivity contribution is 9.11. The molecule has 0 atom stereocenters. The van der Waals surface area contributed by atoms with Gasteiger partial charge in [0.25, 0.3) is 0 Å². The maximum Gasteiger partial charge on any atom is 0.212 e. The molecule has 0 unspecified atom stereocenters. The number of aryl methyl sites for hydroxylation is 1. The maximum atomic E-state index is 11.9. The van der Waals surface area contributed by atoms with Gasteiger partial charge in [-0.3, -0.25) is 4.79 Å². The summed E-state index contributed by atoms with van der Waals surface area (Å²) >= 11 is 6.36. The number of carbonyl (C=O) groups is 1. The molecule has 2 aromatic rings. The second-order valence-electron chi connectivity index (χ2n) is 2.84. The Balaban J connectivity index is 2.33. The van der Waals surface area contributed by atoms with Gasteiger partial charge in [-0.25, -0.2) is 0 Å². The summed E-state index contributed by atoms with van der Waals surface area (Å²) in [6, 6.07) is 7.61. The molecule has 2 heterocycles. The van der Waals surface area contributed by atoms with Crippen molar-refractivity contribution in [1.29, 1.82) is 0 Å². The lowest BCUT2D eigenvalue weighted by Gasteiger charge is -1.90. The van der Waals surface area contributed by atoms with Gasteiger partial charge in [0.15, 0.2) is 0 Å².